The molecule has 0 aliphatic carbocycles. The van der Waals surface area contributed by atoms with Crippen molar-refractivity contribution in [3.05, 3.63) is 0 Å². The van der Waals surface area contributed by atoms with Crippen molar-refractivity contribution in [1.29, 1.82) is 0 Å². The van der Waals surface area contributed by atoms with Gasteiger partial charge in [0, 0.05) is 13.1 Å². The highest BCUT2D eigenvalue weighted by Gasteiger charge is 2.40. The second-order valence-electron chi connectivity index (χ2n) is 18.0. The molecule has 0 radical (unpaired) electrons. The summed E-state index contributed by atoms with van der Waals surface area (Å²) in [5.41, 5.74) is 21.9. The normalized spacial score (nSPS) is 16.9. The molecule has 0 aromatic heterocycles. The third kappa shape index (κ3) is 20.9. The fourth-order valence-corrected chi connectivity index (χ4v) is 7.04. The fourth-order valence-electron chi connectivity index (χ4n) is 7.04. The molecule has 0 spiro atoms. The number of amides is 9. The summed E-state index contributed by atoms with van der Waals surface area (Å²) < 4.78 is 0. The number of carbonyl (C=O) groups is 11. The summed E-state index contributed by atoms with van der Waals surface area (Å²) >= 11 is 0. The quantitative estimate of drug-likeness (QED) is 0.0193. The maximum atomic E-state index is 14.1. The first kappa shape index (κ1) is 59.4. The smallest absolute Gasteiger partial charge is 0.326 e. The number of likely N-dealkylation sites (tertiary alicyclic amines) is 1. The van der Waals surface area contributed by atoms with Crippen LogP contribution in [0.5, 0.6) is 0 Å². The number of aliphatic imine (C=N–C) groups is 1. The van der Waals surface area contributed by atoms with E-state index >= 15 is 0 Å². The number of carbonyl (C=O) groups excluding carboxylic acids is 9. The van der Waals surface area contributed by atoms with Crippen molar-refractivity contribution in [2.75, 3.05) is 13.1 Å². The SMILES string of the molecule is CC(C)CC(N)C(=O)NC(C)C(=O)NC(CCCN=C(N)N)C(=O)N1CCCC1C(=O)NC(C)C(=O)NC(C(=O)NC(CC(C)C)C(=O)NC(CC(=O)O)C(=O)NC(CC(N)=O)C(=O)O)C(C)C. The van der Waals surface area contributed by atoms with Gasteiger partial charge in [-0.15, -0.1) is 0 Å². The Hall–Kier alpha value is -6.60. The molecule has 26 nitrogen and oxygen atoms in total. The van der Waals surface area contributed by atoms with E-state index in [1.165, 1.54) is 18.7 Å². The first-order valence-corrected chi connectivity index (χ1v) is 22.5. The number of nitrogens with two attached hydrogens (primary N) is 4. The van der Waals surface area contributed by atoms with Crippen molar-refractivity contribution in [2.45, 2.75) is 161 Å². The monoisotopic (exact) mass is 968 g/mol. The molecule has 26 heteroatoms. The van der Waals surface area contributed by atoms with Gasteiger partial charge in [0.05, 0.1) is 18.9 Å². The van der Waals surface area contributed by atoms with Crippen LogP contribution in [0.15, 0.2) is 4.99 Å². The summed E-state index contributed by atoms with van der Waals surface area (Å²) in [6, 6.07) is -11.8. The zero-order valence-electron chi connectivity index (χ0n) is 40.1. The fraction of sp³-hybridized carbons (Fsp3) is 0.714. The lowest BCUT2D eigenvalue weighted by molar-refractivity contribution is -0.145. The van der Waals surface area contributed by atoms with E-state index in [1.54, 1.807) is 27.7 Å². The maximum Gasteiger partial charge on any atom is 0.326 e. The van der Waals surface area contributed by atoms with Gasteiger partial charge in [0.1, 0.15) is 48.3 Å². The molecule has 1 fully saturated rings. The first-order chi connectivity index (χ1) is 31.5. The van der Waals surface area contributed by atoms with E-state index in [1.807, 2.05) is 19.2 Å². The molecule has 0 bridgehead atoms. The summed E-state index contributed by atoms with van der Waals surface area (Å²) in [6.45, 7) is 13.4. The Balaban J connectivity index is 3.20. The van der Waals surface area contributed by atoms with Crippen LogP contribution in [0, 0.1) is 17.8 Å². The van der Waals surface area contributed by atoms with E-state index in [0.717, 1.165) is 0 Å². The van der Waals surface area contributed by atoms with Gasteiger partial charge in [0.25, 0.3) is 0 Å². The Kier molecular flexibility index (Phi) is 24.9. The zero-order chi connectivity index (χ0) is 52.2. The summed E-state index contributed by atoms with van der Waals surface area (Å²) in [4.78, 5) is 147. The van der Waals surface area contributed by atoms with Gasteiger partial charge in [-0.25, -0.2) is 4.79 Å². The molecule has 1 aliphatic heterocycles. The van der Waals surface area contributed by atoms with Crippen LogP contribution in [0.2, 0.25) is 0 Å². The van der Waals surface area contributed by atoms with Gasteiger partial charge in [-0.2, -0.15) is 0 Å². The lowest BCUT2D eigenvalue weighted by atomic mass is 9.99. The molecule has 1 aliphatic rings. The third-order valence-corrected chi connectivity index (χ3v) is 10.6. The minimum Gasteiger partial charge on any atom is -0.481 e. The molecular formula is C42H73N13O13. The highest BCUT2D eigenvalue weighted by Crippen LogP contribution is 2.20. The van der Waals surface area contributed by atoms with Crippen LogP contribution in [-0.2, 0) is 52.7 Å². The molecule has 1 saturated heterocycles. The maximum absolute atomic E-state index is 14.1. The molecule has 68 heavy (non-hydrogen) atoms. The molecule has 1 heterocycles. The number of hydrogen-bond acceptors (Lipinski definition) is 13. The van der Waals surface area contributed by atoms with E-state index < -0.39 is 138 Å². The van der Waals surface area contributed by atoms with Crippen LogP contribution in [-0.4, -0.2) is 154 Å². The third-order valence-electron chi connectivity index (χ3n) is 10.6. The number of hydrogen-bond donors (Lipinski definition) is 13. The summed E-state index contributed by atoms with van der Waals surface area (Å²) in [7, 11) is 0. The highest BCUT2D eigenvalue weighted by molar-refractivity contribution is 5.99. The Morgan fingerprint density at radius 3 is 1.68 bits per heavy atom. The van der Waals surface area contributed by atoms with Crippen molar-refractivity contribution in [2.24, 2.45) is 45.7 Å². The van der Waals surface area contributed by atoms with E-state index in [4.69, 9.17) is 22.9 Å². The molecule has 0 aromatic rings. The summed E-state index contributed by atoms with van der Waals surface area (Å²) in [5, 5.41) is 35.9. The lowest BCUT2D eigenvalue weighted by Crippen LogP contribution is -2.60. The van der Waals surface area contributed by atoms with Crippen molar-refractivity contribution < 1.29 is 63.0 Å². The topological polar surface area (TPSA) is 432 Å². The van der Waals surface area contributed by atoms with Gasteiger partial charge in [0.2, 0.25) is 53.2 Å². The minimum absolute atomic E-state index is 0.0379. The molecule has 0 aromatic carbocycles. The number of nitrogens with one attached hydrogen (secondary N) is 7. The van der Waals surface area contributed by atoms with E-state index in [-0.39, 0.29) is 56.6 Å². The van der Waals surface area contributed by atoms with Crippen molar-refractivity contribution in [3.8, 4) is 0 Å². The van der Waals surface area contributed by atoms with Crippen LogP contribution in [0.4, 0.5) is 0 Å². The lowest BCUT2D eigenvalue weighted by Gasteiger charge is -2.30. The predicted molar refractivity (Wildman–Crippen MR) is 245 cm³/mol. The predicted octanol–water partition coefficient (Wildman–Crippen LogP) is -4.03. The van der Waals surface area contributed by atoms with E-state index in [0.29, 0.717) is 12.8 Å². The highest BCUT2D eigenvalue weighted by atomic mass is 16.4. The van der Waals surface area contributed by atoms with Gasteiger partial charge < -0.3 is 75.3 Å². The van der Waals surface area contributed by atoms with Gasteiger partial charge in [-0.1, -0.05) is 41.5 Å². The zero-order valence-corrected chi connectivity index (χ0v) is 40.1. The van der Waals surface area contributed by atoms with Crippen molar-refractivity contribution in [1.82, 2.24) is 42.1 Å². The molecule has 9 atom stereocenters. The second-order valence-corrected chi connectivity index (χ2v) is 18.0. The number of nitrogens with zero attached hydrogens (tertiary/aromatic N) is 2. The van der Waals surface area contributed by atoms with Crippen molar-refractivity contribution >= 4 is 71.1 Å². The molecule has 384 valence electrons. The second kappa shape index (κ2) is 28.5. The molecule has 1 rings (SSSR count). The molecule has 0 saturated carbocycles. The number of primary amides is 1. The Morgan fingerprint density at radius 1 is 0.618 bits per heavy atom. The molecule has 9 amide bonds. The minimum atomic E-state index is -1.85. The molecule has 9 unspecified atom stereocenters. The largest absolute Gasteiger partial charge is 0.481 e. The van der Waals surface area contributed by atoms with Gasteiger partial charge in [-0.3, -0.25) is 52.9 Å². The number of guanidine groups is 1. The van der Waals surface area contributed by atoms with Crippen LogP contribution in [0.3, 0.4) is 0 Å². The Labute approximate surface area is 395 Å². The molecular weight excluding hydrogens is 895 g/mol. The Bertz CT molecular complexity index is 1860. The summed E-state index contributed by atoms with van der Waals surface area (Å²) in [6.07, 6.45) is -0.569. The Morgan fingerprint density at radius 2 is 1.15 bits per heavy atom. The van der Waals surface area contributed by atoms with Gasteiger partial charge >= 0.3 is 11.9 Å². The van der Waals surface area contributed by atoms with Gasteiger partial charge in [-0.05, 0) is 70.1 Å². The number of aliphatic carboxylic acids is 2. The molecule has 17 N–H and O–H groups in total. The average molecular weight is 968 g/mol. The summed E-state index contributed by atoms with van der Waals surface area (Å²) in [5.74, 6) is -11.7. The van der Waals surface area contributed by atoms with Gasteiger partial charge in [0.15, 0.2) is 5.96 Å². The standard InChI is InChI=1S/C42H73N13O13/c1-19(2)15-24(43)35(61)48-22(7)33(59)50-25(11-9-13-47-42(45)46)40(66)55-14-10-12-29(55)38(64)49-23(8)34(60)54-32(21(5)6)39(65)52-26(16-20(3)4)36(62)51-27(18-31(57)58)37(63)53-28(41(67)68)17-30(44)56/h19-29,32H,9-18,43H2,1-8H3,(H2,44,56)(H,48,61)(H,49,64)(H,50,59)(H,51,62)(H,52,65)(H,53,63)(H,54,60)(H,57,58)(H,67,68)(H4,45,46,47). The van der Waals surface area contributed by atoms with Crippen LogP contribution >= 0.6 is 0 Å². The van der Waals surface area contributed by atoms with Crippen LogP contribution < -0.4 is 60.2 Å². The van der Waals surface area contributed by atoms with E-state index in [2.05, 4.69) is 36.9 Å². The first-order valence-electron chi connectivity index (χ1n) is 22.5. The van der Waals surface area contributed by atoms with Crippen LogP contribution in [0.25, 0.3) is 0 Å². The number of carboxylic acid groups (broad SMARTS) is 2. The number of carboxylic acids is 2. The number of rotatable bonds is 29. The van der Waals surface area contributed by atoms with E-state index in [9.17, 15) is 63.0 Å². The average Bonchev–Trinajstić information content (AvgIpc) is 3.72. The van der Waals surface area contributed by atoms with Crippen LogP contribution in [0.1, 0.15) is 107 Å². The van der Waals surface area contributed by atoms with Crippen molar-refractivity contribution in [3.63, 3.8) is 0 Å².